The van der Waals surface area contributed by atoms with Gasteiger partial charge in [0, 0.05) is 23.3 Å². The molecule has 4 heteroatoms. The first kappa shape index (κ1) is 17.5. The molecule has 0 radical (unpaired) electrons. The Balaban J connectivity index is 2.61. The molecule has 126 valence electrons. The van der Waals surface area contributed by atoms with Crippen LogP contribution in [0.2, 0.25) is 0 Å². The van der Waals surface area contributed by atoms with Gasteiger partial charge in [0.15, 0.2) is 5.66 Å². The summed E-state index contributed by atoms with van der Waals surface area (Å²) in [6, 6.07) is 8.12. The summed E-state index contributed by atoms with van der Waals surface area (Å²) < 4.78 is 5.28. The second-order valence-corrected chi connectivity index (χ2v) is 7.04. The Hall–Kier alpha value is -1.84. The number of amidine groups is 2. The summed E-state index contributed by atoms with van der Waals surface area (Å²) in [6.07, 6.45) is 0. The van der Waals surface area contributed by atoms with E-state index < -0.39 is 5.66 Å². The number of nitrogens with zero attached hydrogens (tertiary/aromatic N) is 2. The van der Waals surface area contributed by atoms with E-state index in [4.69, 9.17) is 14.7 Å². The molecule has 1 aromatic carbocycles. The monoisotopic (exact) mass is 315 g/mol. The van der Waals surface area contributed by atoms with Gasteiger partial charge in [-0.3, -0.25) is 0 Å². The average molecular weight is 315 g/mol. The summed E-state index contributed by atoms with van der Waals surface area (Å²) in [6.45, 7) is 13.0. The highest BCUT2D eigenvalue weighted by molar-refractivity contribution is 6.04. The maximum atomic E-state index is 5.28. The minimum absolute atomic E-state index is 0.250. The van der Waals surface area contributed by atoms with Gasteiger partial charge in [-0.2, -0.15) is 0 Å². The largest absolute Gasteiger partial charge is 0.497 e. The van der Waals surface area contributed by atoms with Crippen LogP contribution in [0, 0.1) is 17.8 Å². The SMILES string of the molecule is COc1ccc(C2(C(C)C)N=C(C(C)C)NC(C(C)C)=N2)cc1. The minimum atomic E-state index is -0.573. The maximum Gasteiger partial charge on any atom is 0.181 e. The standard InChI is InChI=1S/C19H29N3O/c1-12(2)17-20-18(13(3)4)22-19(21-17,14(5)6)15-8-10-16(23-7)11-9-15/h8-14H,1-7H3,(H,20,21,22). The van der Waals surface area contributed by atoms with Gasteiger partial charge in [0.05, 0.1) is 7.11 Å². The molecule has 1 aromatic rings. The van der Waals surface area contributed by atoms with Crippen LogP contribution in [0.4, 0.5) is 0 Å². The van der Waals surface area contributed by atoms with Crippen molar-refractivity contribution >= 4 is 11.7 Å². The van der Waals surface area contributed by atoms with Crippen LogP contribution in [0.5, 0.6) is 5.75 Å². The number of aliphatic imine (C=N–C) groups is 2. The third-order valence-corrected chi connectivity index (χ3v) is 4.25. The number of ether oxygens (including phenoxy) is 1. The number of hydrogen-bond donors (Lipinski definition) is 1. The van der Waals surface area contributed by atoms with Crippen LogP contribution in [0.1, 0.15) is 47.1 Å². The molecular weight excluding hydrogens is 286 g/mol. The van der Waals surface area contributed by atoms with Crippen LogP contribution >= 0.6 is 0 Å². The van der Waals surface area contributed by atoms with Gasteiger partial charge in [-0.15, -0.1) is 0 Å². The van der Waals surface area contributed by atoms with Gasteiger partial charge in [0.25, 0.3) is 0 Å². The van der Waals surface area contributed by atoms with Gasteiger partial charge < -0.3 is 10.1 Å². The minimum Gasteiger partial charge on any atom is -0.497 e. The molecule has 1 aliphatic heterocycles. The molecule has 0 saturated heterocycles. The molecule has 0 aromatic heterocycles. The predicted octanol–water partition coefficient (Wildman–Crippen LogP) is 4.22. The Morgan fingerprint density at radius 2 is 1.35 bits per heavy atom. The van der Waals surface area contributed by atoms with E-state index >= 15 is 0 Å². The van der Waals surface area contributed by atoms with E-state index in [0.29, 0.717) is 11.8 Å². The fraction of sp³-hybridized carbons (Fsp3) is 0.579. The van der Waals surface area contributed by atoms with Crippen molar-refractivity contribution in [3.05, 3.63) is 29.8 Å². The summed E-state index contributed by atoms with van der Waals surface area (Å²) in [7, 11) is 1.68. The van der Waals surface area contributed by atoms with Crippen molar-refractivity contribution in [2.75, 3.05) is 7.11 Å². The summed E-state index contributed by atoms with van der Waals surface area (Å²) in [5.41, 5.74) is 0.530. The second-order valence-electron chi connectivity index (χ2n) is 7.04. The molecule has 0 saturated carbocycles. The summed E-state index contributed by atoms with van der Waals surface area (Å²) in [4.78, 5) is 10.1. The molecule has 1 N–H and O–H groups in total. The molecule has 1 heterocycles. The molecule has 0 amide bonds. The fourth-order valence-electron chi connectivity index (χ4n) is 2.68. The van der Waals surface area contributed by atoms with Gasteiger partial charge >= 0.3 is 0 Å². The van der Waals surface area contributed by atoms with Crippen LogP contribution in [0.3, 0.4) is 0 Å². The zero-order valence-corrected chi connectivity index (χ0v) is 15.3. The fourth-order valence-corrected chi connectivity index (χ4v) is 2.68. The number of methoxy groups -OCH3 is 1. The van der Waals surface area contributed by atoms with Gasteiger partial charge in [-0.1, -0.05) is 53.7 Å². The van der Waals surface area contributed by atoms with Crippen LogP contribution in [0.15, 0.2) is 34.3 Å². The first-order valence-electron chi connectivity index (χ1n) is 8.41. The van der Waals surface area contributed by atoms with E-state index in [2.05, 4.69) is 59.0 Å². The van der Waals surface area contributed by atoms with Gasteiger partial charge in [-0.05, 0) is 12.1 Å². The first-order valence-corrected chi connectivity index (χ1v) is 8.41. The van der Waals surface area contributed by atoms with Crippen molar-refractivity contribution in [3.63, 3.8) is 0 Å². The lowest BCUT2D eigenvalue weighted by Crippen LogP contribution is -2.46. The summed E-state index contributed by atoms with van der Waals surface area (Å²) in [5, 5.41) is 3.43. The normalized spacial score (nSPS) is 17.1. The Bertz CT molecular complexity index is 574. The second kappa shape index (κ2) is 6.73. The van der Waals surface area contributed by atoms with Crippen LogP contribution in [-0.2, 0) is 5.66 Å². The van der Waals surface area contributed by atoms with Gasteiger partial charge in [-0.25, -0.2) is 9.98 Å². The Kier molecular flexibility index (Phi) is 5.12. The number of rotatable bonds is 5. The average Bonchev–Trinajstić information content (AvgIpc) is 2.54. The van der Waals surface area contributed by atoms with Gasteiger partial charge in [0.2, 0.25) is 0 Å². The van der Waals surface area contributed by atoms with Crippen LogP contribution in [-0.4, -0.2) is 18.8 Å². The molecule has 0 spiro atoms. The molecule has 0 aliphatic carbocycles. The smallest absolute Gasteiger partial charge is 0.181 e. The third-order valence-electron chi connectivity index (χ3n) is 4.25. The highest BCUT2D eigenvalue weighted by Crippen LogP contribution is 2.38. The number of nitrogens with one attached hydrogen (secondary N) is 1. The Labute approximate surface area is 140 Å². The van der Waals surface area contributed by atoms with Crippen LogP contribution < -0.4 is 10.1 Å². The molecule has 23 heavy (non-hydrogen) atoms. The van der Waals surface area contributed by atoms with E-state index in [1.54, 1.807) is 7.11 Å². The van der Waals surface area contributed by atoms with E-state index in [1.165, 1.54) is 0 Å². The summed E-state index contributed by atoms with van der Waals surface area (Å²) in [5.74, 6) is 3.77. The van der Waals surface area contributed by atoms with Crippen molar-refractivity contribution in [3.8, 4) is 5.75 Å². The lowest BCUT2D eigenvalue weighted by molar-refractivity contribution is 0.326. The maximum absolute atomic E-state index is 5.28. The van der Waals surface area contributed by atoms with E-state index in [-0.39, 0.29) is 5.92 Å². The molecular formula is C19H29N3O. The molecule has 0 bridgehead atoms. The van der Waals surface area contributed by atoms with Crippen molar-refractivity contribution in [1.29, 1.82) is 0 Å². The zero-order valence-electron chi connectivity index (χ0n) is 15.3. The number of hydrogen-bond acceptors (Lipinski definition) is 4. The molecule has 1 aliphatic rings. The Morgan fingerprint density at radius 1 is 0.870 bits per heavy atom. The lowest BCUT2D eigenvalue weighted by Gasteiger charge is -2.37. The van der Waals surface area contributed by atoms with Crippen molar-refractivity contribution in [2.45, 2.75) is 47.2 Å². The first-order chi connectivity index (χ1) is 10.8. The van der Waals surface area contributed by atoms with Crippen molar-refractivity contribution in [1.82, 2.24) is 5.32 Å². The van der Waals surface area contributed by atoms with Crippen molar-refractivity contribution < 1.29 is 4.74 Å². The summed E-state index contributed by atoms with van der Waals surface area (Å²) >= 11 is 0. The highest BCUT2D eigenvalue weighted by atomic mass is 16.5. The van der Waals surface area contributed by atoms with E-state index in [1.807, 2.05) is 12.1 Å². The quantitative estimate of drug-likeness (QED) is 0.884. The molecule has 4 nitrogen and oxygen atoms in total. The topological polar surface area (TPSA) is 46.0 Å². The van der Waals surface area contributed by atoms with Crippen molar-refractivity contribution in [2.24, 2.45) is 27.7 Å². The van der Waals surface area contributed by atoms with E-state index in [0.717, 1.165) is 23.0 Å². The zero-order chi connectivity index (χ0) is 17.2. The third kappa shape index (κ3) is 3.41. The molecule has 0 fully saturated rings. The predicted molar refractivity (Wildman–Crippen MR) is 97.2 cm³/mol. The van der Waals surface area contributed by atoms with Crippen LogP contribution in [0.25, 0.3) is 0 Å². The van der Waals surface area contributed by atoms with Gasteiger partial charge in [0.1, 0.15) is 17.4 Å². The molecule has 2 rings (SSSR count). The molecule has 0 unspecified atom stereocenters. The Morgan fingerprint density at radius 3 is 1.70 bits per heavy atom. The van der Waals surface area contributed by atoms with E-state index in [9.17, 15) is 0 Å². The lowest BCUT2D eigenvalue weighted by atomic mass is 9.87. The molecule has 0 atom stereocenters. The number of benzene rings is 1. The highest BCUT2D eigenvalue weighted by Gasteiger charge is 2.39.